The molecule has 0 aliphatic carbocycles. The van der Waals surface area contributed by atoms with Crippen molar-refractivity contribution in [3.05, 3.63) is 77.9 Å². The van der Waals surface area contributed by atoms with Crippen LogP contribution >= 0.6 is 0 Å². The van der Waals surface area contributed by atoms with Crippen LogP contribution < -0.4 is 15.4 Å². The molecule has 156 valence electrons. The normalized spacial score (nSPS) is 10.8. The molecule has 30 heavy (non-hydrogen) atoms. The van der Waals surface area contributed by atoms with Gasteiger partial charge in [-0.05, 0) is 54.3 Å². The molecule has 3 aromatic carbocycles. The first-order valence-electron chi connectivity index (χ1n) is 10.3. The van der Waals surface area contributed by atoms with Crippen molar-refractivity contribution in [2.24, 2.45) is 0 Å². The summed E-state index contributed by atoms with van der Waals surface area (Å²) >= 11 is 0. The van der Waals surface area contributed by atoms with Crippen molar-refractivity contribution in [2.45, 2.75) is 32.8 Å². The molecule has 0 radical (unpaired) electrons. The molecular formula is C25H28N2O3. The van der Waals surface area contributed by atoms with E-state index in [1.807, 2.05) is 80.6 Å². The summed E-state index contributed by atoms with van der Waals surface area (Å²) in [6, 6.07) is 21.7. The maximum Gasteiger partial charge on any atom is 0.239 e. The molecule has 0 saturated carbocycles. The van der Waals surface area contributed by atoms with Crippen molar-refractivity contribution in [3.8, 4) is 5.75 Å². The van der Waals surface area contributed by atoms with Crippen molar-refractivity contribution < 1.29 is 14.3 Å². The summed E-state index contributed by atoms with van der Waals surface area (Å²) in [5.74, 6) is 0.481. The van der Waals surface area contributed by atoms with E-state index in [-0.39, 0.29) is 30.9 Å². The van der Waals surface area contributed by atoms with Gasteiger partial charge in [0.2, 0.25) is 11.8 Å². The van der Waals surface area contributed by atoms with Gasteiger partial charge in [0, 0.05) is 6.54 Å². The van der Waals surface area contributed by atoms with Crippen molar-refractivity contribution >= 4 is 22.6 Å². The number of ether oxygens (including phenoxy) is 1. The summed E-state index contributed by atoms with van der Waals surface area (Å²) in [6.45, 7) is 4.47. The van der Waals surface area contributed by atoms with Gasteiger partial charge in [-0.15, -0.1) is 0 Å². The summed E-state index contributed by atoms with van der Waals surface area (Å²) in [5.41, 5.74) is 2.07. The minimum Gasteiger partial charge on any atom is -0.491 e. The Kier molecular flexibility index (Phi) is 7.44. The van der Waals surface area contributed by atoms with Gasteiger partial charge in [-0.2, -0.15) is 0 Å². The van der Waals surface area contributed by atoms with E-state index in [9.17, 15) is 9.59 Å². The third-order valence-corrected chi connectivity index (χ3v) is 4.71. The number of benzene rings is 3. The first-order chi connectivity index (χ1) is 14.5. The number of rotatable bonds is 9. The van der Waals surface area contributed by atoms with Crippen LogP contribution in [0.2, 0.25) is 0 Å². The van der Waals surface area contributed by atoms with Crippen LogP contribution in [0.4, 0.5) is 0 Å². The number of hydrogen-bond acceptors (Lipinski definition) is 3. The Hall–Kier alpha value is -3.34. The van der Waals surface area contributed by atoms with Crippen LogP contribution in [0.25, 0.3) is 10.8 Å². The molecule has 0 bridgehead atoms. The van der Waals surface area contributed by atoms with Gasteiger partial charge in [-0.1, -0.05) is 54.6 Å². The van der Waals surface area contributed by atoms with Crippen LogP contribution in [0.1, 0.15) is 25.0 Å². The maximum atomic E-state index is 12.3. The van der Waals surface area contributed by atoms with Crippen LogP contribution in [0.15, 0.2) is 66.7 Å². The second-order valence-corrected chi connectivity index (χ2v) is 7.50. The van der Waals surface area contributed by atoms with Gasteiger partial charge in [-0.3, -0.25) is 9.59 Å². The van der Waals surface area contributed by atoms with Crippen LogP contribution in [0.5, 0.6) is 5.75 Å². The minimum absolute atomic E-state index is 0.0230. The highest BCUT2D eigenvalue weighted by molar-refractivity contribution is 5.91. The van der Waals surface area contributed by atoms with Crippen molar-refractivity contribution in [2.75, 3.05) is 13.1 Å². The van der Waals surface area contributed by atoms with Crippen molar-refractivity contribution in [1.82, 2.24) is 10.6 Å². The largest absolute Gasteiger partial charge is 0.491 e. The predicted molar refractivity (Wildman–Crippen MR) is 120 cm³/mol. The topological polar surface area (TPSA) is 67.4 Å². The van der Waals surface area contributed by atoms with Gasteiger partial charge in [-0.25, -0.2) is 0 Å². The third kappa shape index (κ3) is 6.34. The quantitative estimate of drug-likeness (QED) is 0.572. The first kappa shape index (κ1) is 21.4. The zero-order valence-electron chi connectivity index (χ0n) is 17.5. The Morgan fingerprint density at radius 2 is 1.60 bits per heavy atom. The Balaban J connectivity index is 1.39. The van der Waals surface area contributed by atoms with Gasteiger partial charge < -0.3 is 15.4 Å². The van der Waals surface area contributed by atoms with Crippen LogP contribution in [-0.4, -0.2) is 31.0 Å². The lowest BCUT2D eigenvalue weighted by Gasteiger charge is -2.11. The highest BCUT2D eigenvalue weighted by Gasteiger charge is 2.09. The number of fused-ring (bicyclic) bond motifs is 1. The summed E-state index contributed by atoms with van der Waals surface area (Å²) < 4.78 is 5.62. The fraction of sp³-hybridized carbons (Fsp3) is 0.280. The van der Waals surface area contributed by atoms with E-state index >= 15 is 0 Å². The van der Waals surface area contributed by atoms with Crippen molar-refractivity contribution in [1.29, 1.82) is 0 Å². The van der Waals surface area contributed by atoms with Gasteiger partial charge >= 0.3 is 0 Å². The fourth-order valence-electron chi connectivity index (χ4n) is 3.28. The van der Waals surface area contributed by atoms with Crippen LogP contribution in [0.3, 0.4) is 0 Å². The van der Waals surface area contributed by atoms with E-state index in [4.69, 9.17) is 4.74 Å². The monoisotopic (exact) mass is 404 g/mol. The number of carbonyl (C=O) groups is 2. The van der Waals surface area contributed by atoms with Gasteiger partial charge in [0.25, 0.3) is 0 Å². The molecule has 0 unspecified atom stereocenters. The summed E-state index contributed by atoms with van der Waals surface area (Å²) in [5, 5.41) is 7.71. The number of amides is 2. The Morgan fingerprint density at radius 3 is 2.37 bits per heavy atom. The van der Waals surface area contributed by atoms with Gasteiger partial charge in [0.15, 0.2) is 0 Å². The molecule has 2 amide bonds. The number of carbonyl (C=O) groups excluding carboxylic acids is 2. The third-order valence-electron chi connectivity index (χ3n) is 4.71. The number of hydrogen-bond donors (Lipinski definition) is 2. The molecule has 3 rings (SSSR count). The maximum absolute atomic E-state index is 12.3. The van der Waals surface area contributed by atoms with E-state index in [0.29, 0.717) is 6.54 Å². The molecule has 5 nitrogen and oxygen atoms in total. The zero-order valence-corrected chi connectivity index (χ0v) is 17.5. The number of nitrogens with one attached hydrogen (secondary N) is 2. The second-order valence-electron chi connectivity index (χ2n) is 7.50. The predicted octanol–water partition coefficient (Wildman–Crippen LogP) is 3.64. The van der Waals surface area contributed by atoms with Gasteiger partial charge in [0.1, 0.15) is 5.75 Å². The fourth-order valence-corrected chi connectivity index (χ4v) is 3.28. The van der Waals surface area contributed by atoms with E-state index in [0.717, 1.165) is 34.1 Å². The highest BCUT2D eigenvalue weighted by atomic mass is 16.5. The van der Waals surface area contributed by atoms with Crippen LogP contribution in [0, 0.1) is 0 Å². The molecule has 5 heteroatoms. The summed E-state index contributed by atoms with van der Waals surface area (Å²) in [7, 11) is 0. The molecule has 3 aromatic rings. The molecular weight excluding hydrogens is 376 g/mol. The average molecular weight is 405 g/mol. The van der Waals surface area contributed by atoms with E-state index < -0.39 is 0 Å². The molecule has 0 saturated heterocycles. The summed E-state index contributed by atoms with van der Waals surface area (Å²) in [6.07, 6.45) is 1.11. The molecule has 0 aliphatic heterocycles. The Labute approximate surface area is 177 Å². The lowest BCUT2D eigenvalue weighted by Crippen LogP contribution is -2.38. The molecule has 0 fully saturated rings. The lowest BCUT2D eigenvalue weighted by atomic mass is 10.0. The Bertz CT molecular complexity index is 991. The van der Waals surface area contributed by atoms with Crippen molar-refractivity contribution in [3.63, 3.8) is 0 Å². The molecule has 0 aliphatic rings. The highest BCUT2D eigenvalue weighted by Crippen LogP contribution is 2.18. The molecule has 0 heterocycles. The smallest absolute Gasteiger partial charge is 0.239 e. The standard InChI is InChI=1S/C25H28N2O3/c1-18(2)30-22-12-10-19(11-13-22)14-15-26-25(29)17-27-24(28)16-21-8-5-7-20-6-3-4-9-23(20)21/h3-13,18H,14-17H2,1-2H3,(H,26,29)(H,27,28). The first-order valence-corrected chi connectivity index (χ1v) is 10.3. The molecule has 0 spiro atoms. The van der Waals surface area contributed by atoms with E-state index in [1.165, 1.54) is 0 Å². The van der Waals surface area contributed by atoms with Crippen LogP contribution in [-0.2, 0) is 22.4 Å². The molecule has 0 aromatic heterocycles. The lowest BCUT2D eigenvalue weighted by molar-refractivity contribution is -0.125. The van der Waals surface area contributed by atoms with Gasteiger partial charge in [0.05, 0.1) is 19.1 Å². The Morgan fingerprint density at radius 1 is 0.867 bits per heavy atom. The molecule has 0 atom stereocenters. The van der Waals surface area contributed by atoms with E-state index in [2.05, 4.69) is 10.6 Å². The second kappa shape index (κ2) is 10.4. The SMILES string of the molecule is CC(C)Oc1ccc(CCNC(=O)CNC(=O)Cc2cccc3ccccc23)cc1. The minimum atomic E-state index is -0.193. The summed E-state index contributed by atoms with van der Waals surface area (Å²) in [4.78, 5) is 24.3. The zero-order chi connectivity index (χ0) is 21.3. The average Bonchev–Trinajstić information content (AvgIpc) is 2.73. The van der Waals surface area contributed by atoms with E-state index in [1.54, 1.807) is 0 Å². The molecule has 2 N–H and O–H groups in total.